The van der Waals surface area contributed by atoms with Crippen LogP contribution in [0.5, 0.6) is 0 Å². The lowest BCUT2D eigenvalue weighted by atomic mass is 10.1. The van der Waals surface area contributed by atoms with Crippen LogP contribution in [0, 0.1) is 0 Å². The van der Waals surface area contributed by atoms with Crippen molar-refractivity contribution in [1.82, 2.24) is 15.1 Å². The summed E-state index contributed by atoms with van der Waals surface area (Å²) in [6.45, 7) is 12.2. The van der Waals surface area contributed by atoms with Gasteiger partial charge in [-0.3, -0.25) is 14.6 Å². The van der Waals surface area contributed by atoms with Crippen LogP contribution < -0.4 is 5.32 Å². The summed E-state index contributed by atoms with van der Waals surface area (Å²) in [5.74, 6) is 0.0691. The van der Waals surface area contributed by atoms with Gasteiger partial charge in [0.25, 0.3) is 0 Å². The van der Waals surface area contributed by atoms with Crippen LogP contribution in [0.1, 0.15) is 38.8 Å². The zero-order valence-corrected chi connectivity index (χ0v) is 16.3. The van der Waals surface area contributed by atoms with E-state index in [1.165, 1.54) is 11.1 Å². The standard InChI is InChI=1S/C20H33N3O2/c1-15(2)22(5)14-20(24)21-10-18-8-6-7-9-19(18)13-23-11-16(3)25-17(4)12-23/h6-9,15-17H,10-14H2,1-5H3,(H,21,24)/t16-,17-/m0/s1. The molecular weight excluding hydrogens is 314 g/mol. The topological polar surface area (TPSA) is 44.8 Å². The van der Waals surface area contributed by atoms with Crippen molar-refractivity contribution in [1.29, 1.82) is 0 Å². The monoisotopic (exact) mass is 347 g/mol. The van der Waals surface area contributed by atoms with Crippen molar-refractivity contribution in [3.8, 4) is 0 Å². The second-order valence-electron chi connectivity index (χ2n) is 7.51. The number of morpholine rings is 1. The van der Waals surface area contributed by atoms with Gasteiger partial charge in [-0.05, 0) is 45.9 Å². The number of hydrogen-bond acceptors (Lipinski definition) is 4. The molecular formula is C20H33N3O2. The molecule has 140 valence electrons. The molecule has 1 N–H and O–H groups in total. The average Bonchev–Trinajstić information content (AvgIpc) is 2.53. The summed E-state index contributed by atoms with van der Waals surface area (Å²) >= 11 is 0. The van der Waals surface area contributed by atoms with Crippen molar-refractivity contribution in [2.24, 2.45) is 0 Å². The number of ether oxygens (including phenoxy) is 1. The molecule has 1 aromatic rings. The second-order valence-corrected chi connectivity index (χ2v) is 7.51. The molecule has 0 aliphatic carbocycles. The van der Waals surface area contributed by atoms with E-state index in [-0.39, 0.29) is 18.1 Å². The summed E-state index contributed by atoms with van der Waals surface area (Å²) in [4.78, 5) is 16.6. The Morgan fingerprint density at radius 3 is 2.44 bits per heavy atom. The Morgan fingerprint density at radius 2 is 1.84 bits per heavy atom. The highest BCUT2D eigenvalue weighted by Crippen LogP contribution is 2.17. The van der Waals surface area contributed by atoms with E-state index >= 15 is 0 Å². The summed E-state index contributed by atoms with van der Waals surface area (Å²) in [5.41, 5.74) is 2.47. The molecule has 5 nitrogen and oxygen atoms in total. The molecule has 1 amide bonds. The van der Waals surface area contributed by atoms with Gasteiger partial charge in [0.15, 0.2) is 0 Å². The number of nitrogens with zero attached hydrogens (tertiary/aromatic N) is 2. The van der Waals surface area contributed by atoms with E-state index in [2.05, 4.69) is 56.1 Å². The van der Waals surface area contributed by atoms with Gasteiger partial charge in [-0.15, -0.1) is 0 Å². The lowest BCUT2D eigenvalue weighted by molar-refractivity contribution is -0.122. The number of hydrogen-bond donors (Lipinski definition) is 1. The number of amides is 1. The van der Waals surface area contributed by atoms with Crippen LogP contribution in [0.3, 0.4) is 0 Å². The zero-order chi connectivity index (χ0) is 18.4. The fourth-order valence-corrected chi connectivity index (χ4v) is 3.20. The third kappa shape index (κ3) is 6.42. The van der Waals surface area contributed by atoms with Crippen LogP contribution >= 0.6 is 0 Å². The number of carbonyl (C=O) groups is 1. The molecule has 1 saturated heterocycles. The van der Waals surface area contributed by atoms with Crippen LogP contribution in [0.2, 0.25) is 0 Å². The fourth-order valence-electron chi connectivity index (χ4n) is 3.20. The van der Waals surface area contributed by atoms with Gasteiger partial charge in [0.05, 0.1) is 18.8 Å². The Bertz CT molecular complexity index is 552. The van der Waals surface area contributed by atoms with Gasteiger partial charge in [-0.2, -0.15) is 0 Å². The second kappa shape index (κ2) is 9.32. The molecule has 1 aliphatic heterocycles. The number of benzene rings is 1. The number of carbonyl (C=O) groups excluding carboxylic acids is 1. The molecule has 0 radical (unpaired) electrons. The van der Waals surface area contributed by atoms with E-state index in [1.54, 1.807) is 0 Å². The molecule has 0 unspecified atom stereocenters. The summed E-state index contributed by atoms with van der Waals surface area (Å²) in [6, 6.07) is 8.74. The van der Waals surface area contributed by atoms with Crippen molar-refractivity contribution < 1.29 is 9.53 Å². The third-order valence-corrected chi connectivity index (χ3v) is 4.76. The van der Waals surface area contributed by atoms with Crippen molar-refractivity contribution >= 4 is 5.91 Å². The summed E-state index contributed by atoms with van der Waals surface area (Å²) in [6.07, 6.45) is 0.532. The maximum absolute atomic E-state index is 12.1. The van der Waals surface area contributed by atoms with Crippen molar-refractivity contribution in [2.75, 3.05) is 26.7 Å². The minimum Gasteiger partial charge on any atom is -0.373 e. The molecule has 2 rings (SSSR count). The maximum atomic E-state index is 12.1. The lowest BCUT2D eigenvalue weighted by Crippen LogP contribution is -2.45. The molecule has 25 heavy (non-hydrogen) atoms. The highest BCUT2D eigenvalue weighted by Gasteiger charge is 2.22. The highest BCUT2D eigenvalue weighted by atomic mass is 16.5. The van der Waals surface area contributed by atoms with Gasteiger partial charge in [0, 0.05) is 32.2 Å². The number of nitrogens with one attached hydrogen (secondary N) is 1. The highest BCUT2D eigenvalue weighted by molar-refractivity contribution is 5.78. The van der Waals surface area contributed by atoms with Crippen molar-refractivity contribution in [3.05, 3.63) is 35.4 Å². The normalized spacial score (nSPS) is 21.7. The maximum Gasteiger partial charge on any atom is 0.234 e. The molecule has 1 aliphatic rings. The van der Waals surface area contributed by atoms with E-state index in [9.17, 15) is 4.79 Å². The summed E-state index contributed by atoms with van der Waals surface area (Å²) in [7, 11) is 1.97. The average molecular weight is 348 g/mol. The van der Waals surface area contributed by atoms with Gasteiger partial charge < -0.3 is 10.1 Å². The molecule has 1 heterocycles. The minimum atomic E-state index is 0.0691. The molecule has 1 fully saturated rings. The first-order valence-electron chi connectivity index (χ1n) is 9.26. The quantitative estimate of drug-likeness (QED) is 0.822. The predicted octanol–water partition coefficient (Wildman–Crippen LogP) is 2.25. The van der Waals surface area contributed by atoms with E-state index in [0.29, 0.717) is 19.1 Å². The molecule has 0 bridgehead atoms. The van der Waals surface area contributed by atoms with Gasteiger partial charge in [-0.25, -0.2) is 0 Å². The minimum absolute atomic E-state index is 0.0691. The Hall–Kier alpha value is -1.43. The molecule has 2 atom stereocenters. The Labute approximate surface area is 152 Å². The molecule has 0 spiro atoms. The fraction of sp³-hybridized carbons (Fsp3) is 0.650. The van der Waals surface area contributed by atoms with Crippen LogP contribution in [0.15, 0.2) is 24.3 Å². The first-order chi connectivity index (χ1) is 11.8. The van der Waals surface area contributed by atoms with Crippen LogP contribution in [0.25, 0.3) is 0 Å². The zero-order valence-electron chi connectivity index (χ0n) is 16.3. The van der Waals surface area contributed by atoms with Gasteiger partial charge in [-0.1, -0.05) is 24.3 Å². The predicted molar refractivity (Wildman–Crippen MR) is 101 cm³/mol. The number of rotatable bonds is 7. The van der Waals surface area contributed by atoms with Crippen LogP contribution in [-0.2, 0) is 22.6 Å². The third-order valence-electron chi connectivity index (χ3n) is 4.76. The van der Waals surface area contributed by atoms with Crippen molar-refractivity contribution in [2.45, 2.75) is 59.0 Å². The number of likely N-dealkylation sites (N-methyl/N-ethyl adjacent to an activating group) is 1. The van der Waals surface area contributed by atoms with Crippen LogP contribution in [0.4, 0.5) is 0 Å². The molecule has 0 aromatic heterocycles. The summed E-state index contributed by atoms with van der Waals surface area (Å²) in [5, 5.41) is 3.06. The van der Waals surface area contributed by atoms with Gasteiger partial charge >= 0.3 is 0 Å². The Balaban J connectivity index is 1.92. The molecule has 0 saturated carbocycles. The molecule has 5 heteroatoms. The van der Waals surface area contributed by atoms with E-state index in [1.807, 2.05) is 18.0 Å². The van der Waals surface area contributed by atoms with Crippen molar-refractivity contribution in [3.63, 3.8) is 0 Å². The molecule has 1 aromatic carbocycles. The Morgan fingerprint density at radius 1 is 1.24 bits per heavy atom. The van der Waals surface area contributed by atoms with Gasteiger partial charge in [0.1, 0.15) is 0 Å². The largest absolute Gasteiger partial charge is 0.373 e. The summed E-state index contributed by atoms with van der Waals surface area (Å²) < 4.78 is 5.82. The van der Waals surface area contributed by atoms with E-state index < -0.39 is 0 Å². The Kier molecular flexibility index (Phi) is 7.41. The van der Waals surface area contributed by atoms with E-state index in [0.717, 1.165) is 19.6 Å². The van der Waals surface area contributed by atoms with E-state index in [4.69, 9.17) is 4.74 Å². The van der Waals surface area contributed by atoms with Crippen LogP contribution in [-0.4, -0.2) is 60.6 Å². The first kappa shape index (κ1) is 19.9. The lowest BCUT2D eigenvalue weighted by Gasteiger charge is -2.35. The van der Waals surface area contributed by atoms with Gasteiger partial charge in [0.2, 0.25) is 5.91 Å². The smallest absolute Gasteiger partial charge is 0.234 e. The SMILES string of the molecule is CC(C)N(C)CC(=O)NCc1ccccc1CN1C[C@H](C)O[C@@H](C)C1. The first-order valence-corrected chi connectivity index (χ1v) is 9.26.